The number of benzene rings is 1. The highest BCUT2D eigenvalue weighted by Crippen LogP contribution is 2.08. The molecule has 1 aromatic carbocycles. The second-order valence-corrected chi connectivity index (χ2v) is 5.53. The van der Waals surface area contributed by atoms with Crippen LogP contribution in [0.4, 0.5) is 0 Å². The lowest BCUT2D eigenvalue weighted by molar-refractivity contribution is -0.884. The van der Waals surface area contributed by atoms with Gasteiger partial charge in [-0.2, -0.15) is 0 Å². The second kappa shape index (κ2) is 7.23. The lowest BCUT2D eigenvalue weighted by Crippen LogP contribution is -2.33. The SMILES string of the molecule is CNOCC(=O)NCc1ccc(C[N+](C)(C)C)cc1. The van der Waals surface area contributed by atoms with Crippen molar-refractivity contribution in [3.8, 4) is 0 Å². The molecular weight excluding hydrogens is 242 g/mol. The van der Waals surface area contributed by atoms with E-state index in [1.165, 1.54) is 5.56 Å². The van der Waals surface area contributed by atoms with Crippen LogP contribution < -0.4 is 10.8 Å². The van der Waals surface area contributed by atoms with Crippen molar-refractivity contribution in [1.29, 1.82) is 0 Å². The van der Waals surface area contributed by atoms with Gasteiger partial charge in [-0.05, 0) is 5.56 Å². The molecular formula is C14H24N3O2+. The average Bonchev–Trinajstić information content (AvgIpc) is 2.33. The number of hydroxylamine groups is 1. The Balaban J connectivity index is 2.42. The molecule has 0 aromatic heterocycles. The first-order chi connectivity index (χ1) is 8.90. The lowest BCUT2D eigenvalue weighted by Gasteiger charge is -2.23. The Bertz CT molecular complexity index is 396. The van der Waals surface area contributed by atoms with Crippen molar-refractivity contribution in [3.05, 3.63) is 35.4 Å². The van der Waals surface area contributed by atoms with E-state index in [4.69, 9.17) is 4.84 Å². The van der Waals surface area contributed by atoms with E-state index in [0.717, 1.165) is 16.6 Å². The molecule has 2 N–H and O–H groups in total. The van der Waals surface area contributed by atoms with Crippen molar-refractivity contribution in [2.24, 2.45) is 0 Å². The molecule has 1 rings (SSSR count). The molecule has 0 aliphatic carbocycles. The molecule has 5 heteroatoms. The predicted octanol–water partition coefficient (Wildman–Crippen LogP) is 0.660. The van der Waals surface area contributed by atoms with Crippen LogP contribution in [-0.2, 0) is 22.7 Å². The summed E-state index contributed by atoms with van der Waals surface area (Å²) >= 11 is 0. The number of carbonyl (C=O) groups is 1. The minimum Gasteiger partial charge on any atom is -0.350 e. The minimum atomic E-state index is -0.134. The number of hydrogen-bond acceptors (Lipinski definition) is 3. The van der Waals surface area contributed by atoms with Gasteiger partial charge >= 0.3 is 0 Å². The van der Waals surface area contributed by atoms with Crippen LogP contribution >= 0.6 is 0 Å². The van der Waals surface area contributed by atoms with Gasteiger partial charge in [-0.1, -0.05) is 24.3 Å². The molecule has 0 bridgehead atoms. The predicted molar refractivity (Wildman–Crippen MR) is 75.0 cm³/mol. The first-order valence-corrected chi connectivity index (χ1v) is 6.34. The van der Waals surface area contributed by atoms with Crippen molar-refractivity contribution in [2.75, 3.05) is 34.8 Å². The topological polar surface area (TPSA) is 50.4 Å². The van der Waals surface area contributed by atoms with Crippen molar-refractivity contribution in [2.45, 2.75) is 13.1 Å². The summed E-state index contributed by atoms with van der Waals surface area (Å²) in [4.78, 5) is 16.1. The standard InChI is InChI=1S/C14H23N3O2/c1-15-19-11-14(18)16-9-12-5-7-13(8-6-12)10-17(2,3)4/h5-8,15H,9-11H2,1-4H3/p+1. The zero-order valence-corrected chi connectivity index (χ0v) is 12.2. The molecule has 0 aliphatic heterocycles. The largest absolute Gasteiger partial charge is 0.350 e. The molecule has 0 saturated heterocycles. The number of hydrogen-bond donors (Lipinski definition) is 2. The highest BCUT2D eigenvalue weighted by molar-refractivity contribution is 5.77. The van der Waals surface area contributed by atoms with Gasteiger partial charge in [0.05, 0.1) is 21.1 Å². The van der Waals surface area contributed by atoms with E-state index in [1.54, 1.807) is 7.05 Å². The van der Waals surface area contributed by atoms with Crippen LogP contribution in [0.5, 0.6) is 0 Å². The summed E-state index contributed by atoms with van der Waals surface area (Å²) in [6.07, 6.45) is 0. The molecule has 0 unspecified atom stereocenters. The van der Waals surface area contributed by atoms with Gasteiger partial charge < -0.3 is 9.80 Å². The minimum absolute atomic E-state index is 0.0239. The van der Waals surface area contributed by atoms with Crippen molar-refractivity contribution in [1.82, 2.24) is 10.8 Å². The van der Waals surface area contributed by atoms with Crippen LogP contribution in [-0.4, -0.2) is 45.2 Å². The molecule has 0 spiro atoms. The Labute approximate surface area is 115 Å². The summed E-state index contributed by atoms with van der Waals surface area (Å²) in [7, 11) is 8.11. The third kappa shape index (κ3) is 6.91. The summed E-state index contributed by atoms with van der Waals surface area (Å²) in [5, 5.41) is 2.79. The molecule has 1 amide bonds. The maximum absolute atomic E-state index is 11.4. The third-order valence-electron chi connectivity index (χ3n) is 2.52. The van der Waals surface area contributed by atoms with Gasteiger partial charge in [0.1, 0.15) is 13.2 Å². The van der Waals surface area contributed by atoms with E-state index in [2.05, 4.69) is 44.1 Å². The fourth-order valence-electron chi connectivity index (χ4n) is 1.70. The van der Waals surface area contributed by atoms with Crippen LogP contribution in [0, 0.1) is 0 Å². The van der Waals surface area contributed by atoms with E-state index in [1.807, 2.05) is 12.1 Å². The maximum Gasteiger partial charge on any atom is 0.248 e. The van der Waals surface area contributed by atoms with Gasteiger partial charge in [-0.15, -0.1) is 0 Å². The molecule has 0 atom stereocenters. The number of nitrogens with one attached hydrogen (secondary N) is 2. The van der Waals surface area contributed by atoms with Crippen LogP contribution in [0.3, 0.4) is 0 Å². The van der Waals surface area contributed by atoms with E-state index >= 15 is 0 Å². The first kappa shape index (κ1) is 15.6. The lowest BCUT2D eigenvalue weighted by atomic mass is 10.1. The average molecular weight is 266 g/mol. The highest BCUT2D eigenvalue weighted by atomic mass is 16.6. The Morgan fingerprint density at radius 2 is 1.74 bits per heavy atom. The zero-order valence-electron chi connectivity index (χ0n) is 12.2. The van der Waals surface area contributed by atoms with Crippen LogP contribution in [0.15, 0.2) is 24.3 Å². The summed E-state index contributed by atoms with van der Waals surface area (Å²) in [6, 6.07) is 8.30. The molecule has 0 aliphatic rings. The monoisotopic (exact) mass is 266 g/mol. The molecule has 0 fully saturated rings. The molecule has 106 valence electrons. The van der Waals surface area contributed by atoms with E-state index < -0.39 is 0 Å². The van der Waals surface area contributed by atoms with Crippen molar-refractivity contribution >= 4 is 5.91 Å². The van der Waals surface area contributed by atoms with Gasteiger partial charge in [0.15, 0.2) is 0 Å². The Morgan fingerprint density at radius 1 is 1.16 bits per heavy atom. The van der Waals surface area contributed by atoms with Gasteiger partial charge in [0, 0.05) is 19.2 Å². The van der Waals surface area contributed by atoms with Crippen LogP contribution in [0.25, 0.3) is 0 Å². The van der Waals surface area contributed by atoms with E-state index in [-0.39, 0.29) is 12.5 Å². The number of amides is 1. The summed E-state index contributed by atoms with van der Waals surface area (Å²) in [6.45, 7) is 1.54. The molecule has 5 nitrogen and oxygen atoms in total. The molecule has 0 saturated carbocycles. The maximum atomic E-state index is 11.4. The van der Waals surface area contributed by atoms with Crippen molar-refractivity contribution in [3.63, 3.8) is 0 Å². The normalized spacial score (nSPS) is 11.4. The van der Waals surface area contributed by atoms with Gasteiger partial charge in [0.2, 0.25) is 5.91 Å². The van der Waals surface area contributed by atoms with E-state index in [0.29, 0.717) is 6.54 Å². The number of rotatable bonds is 7. The third-order valence-corrected chi connectivity index (χ3v) is 2.52. The molecule has 0 heterocycles. The Morgan fingerprint density at radius 3 is 2.26 bits per heavy atom. The molecule has 1 aromatic rings. The summed E-state index contributed by atoms with van der Waals surface area (Å²) < 4.78 is 0.900. The summed E-state index contributed by atoms with van der Waals surface area (Å²) in [5.74, 6) is -0.134. The smallest absolute Gasteiger partial charge is 0.248 e. The van der Waals surface area contributed by atoms with Crippen LogP contribution in [0.2, 0.25) is 0 Å². The summed E-state index contributed by atoms with van der Waals surface area (Å²) in [5.41, 5.74) is 4.84. The van der Waals surface area contributed by atoms with Gasteiger partial charge in [0.25, 0.3) is 0 Å². The fraction of sp³-hybridized carbons (Fsp3) is 0.500. The fourth-order valence-corrected chi connectivity index (χ4v) is 1.70. The van der Waals surface area contributed by atoms with E-state index in [9.17, 15) is 4.79 Å². The molecule has 19 heavy (non-hydrogen) atoms. The second-order valence-electron chi connectivity index (χ2n) is 5.53. The first-order valence-electron chi connectivity index (χ1n) is 6.34. The number of quaternary nitrogens is 1. The van der Waals surface area contributed by atoms with Crippen LogP contribution in [0.1, 0.15) is 11.1 Å². The highest BCUT2D eigenvalue weighted by Gasteiger charge is 2.08. The number of carbonyl (C=O) groups excluding carboxylic acids is 1. The van der Waals surface area contributed by atoms with Crippen molar-refractivity contribution < 1.29 is 14.1 Å². The Kier molecular flexibility index (Phi) is 5.95. The zero-order chi connectivity index (χ0) is 14.3. The number of nitrogens with zero attached hydrogens (tertiary/aromatic N) is 1. The Hall–Kier alpha value is -1.43. The molecule has 0 radical (unpaired) electrons. The van der Waals surface area contributed by atoms with Gasteiger partial charge in [-0.3, -0.25) is 9.63 Å². The quantitative estimate of drug-likeness (QED) is 0.563. The van der Waals surface area contributed by atoms with Gasteiger partial charge in [-0.25, -0.2) is 5.48 Å².